The Hall–Kier alpha value is -1.67. The molecule has 0 aliphatic carbocycles. The lowest BCUT2D eigenvalue weighted by atomic mass is 10.1. The summed E-state index contributed by atoms with van der Waals surface area (Å²) in [5, 5.41) is 3.35. The van der Waals surface area contributed by atoms with Crippen LogP contribution in [0.3, 0.4) is 0 Å². The van der Waals surface area contributed by atoms with E-state index >= 15 is 0 Å². The molecule has 3 heterocycles. The zero-order valence-electron chi connectivity index (χ0n) is 14.5. The van der Waals surface area contributed by atoms with Crippen LogP contribution in [-0.4, -0.2) is 59.3 Å². The first-order chi connectivity index (χ1) is 11.3. The Morgan fingerprint density at radius 2 is 1.96 bits per heavy atom. The molecule has 0 unspecified atom stereocenters. The average molecular weight is 351 g/mol. The molecule has 1 fully saturated rings. The molecule has 2 N–H and O–H groups in total. The molecule has 0 atom stereocenters. The summed E-state index contributed by atoms with van der Waals surface area (Å²) in [5.41, 5.74) is 1.91. The van der Waals surface area contributed by atoms with Gasteiger partial charge >= 0.3 is 6.09 Å². The predicted molar refractivity (Wildman–Crippen MR) is 94.9 cm³/mol. The van der Waals surface area contributed by atoms with E-state index < -0.39 is 5.60 Å². The van der Waals surface area contributed by atoms with Crippen LogP contribution < -0.4 is 10.2 Å². The van der Waals surface area contributed by atoms with Gasteiger partial charge in [-0.25, -0.2) is 9.78 Å². The number of nitrogens with zero attached hydrogens (tertiary/aromatic N) is 3. The van der Waals surface area contributed by atoms with Crippen molar-refractivity contribution in [3.8, 4) is 0 Å². The minimum Gasteiger partial charge on any atom is -0.444 e. The first-order valence-corrected chi connectivity index (χ1v) is 8.80. The smallest absolute Gasteiger partial charge is 0.410 e. The molecule has 0 spiro atoms. The second-order valence-corrected chi connectivity index (χ2v) is 7.59. The molecule has 3 rings (SSSR count). The Bertz CT molecular complexity index is 674. The first-order valence-electron chi connectivity index (χ1n) is 8.39. The van der Waals surface area contributed by atoms with Gasteiger partial charge in [-0.2, -0.15) is 0 Å². The topological polar surface area (TPSA) is 73.5 Å². The number of carbonyl (C=O) groups is 1. The molecule has 7 nitrogen and oxygen atoms in total. The molecule has 1 aromatic rings. The standard InChI is InChI=1S/C16H25N5O2S/c1-16(2,3)23-15(22)21-8-6-20(7-9-21)13-11-4-5-17-10-12(11)18-14(24)19-13/h17H,4-10H2,1-3H3,(H,18,19,24). The van der Waals surface area contributed by atoms with Gasteiger partial charge in [-0.3, -0.25) is 0 Å². The molecule has 0 saturated carbocycles. The van der Waals surface area contributed by atoms with E-state index in [2.05, 4.69) is 20.2 Å². The van der Waals surface area contributed by atoms with Gasteiger partial charge in [-0.15, -0.1) is 0 Å². The van der Waals surface area contributed by atoms with Crippen LogP contribution in [0.15, 0.2) is 0 Å². The van der Waals surface area contributed by atoms with Gasteiger partial charge in [0.05, 0.1) is 0 Å². The van der Waals surface area contributed by atoms with E-state index in [0.29, 0.717) is 17.9 Å². The third-order valence-corrected chi connectivity index (χ3v) is 4.38. The van der Waals surface area contributed by atoms with Crippen molar-refractivity contribution in [1.82, 2.24) is 20.2 Å². The summed E-state index contributed by atoms with van der Waals surface area (Å²) in [5.74, 6) is 0.971. The molecule has 1 amide bonds. The number of H-pyrrole nitrogens is 1. The van der Waals surface area contributed by atoms with Gasteiger partial charge in [0, 0.05) is 44.0 Å². The Morgan fingerprint density at radius 3 is 2.62 bits per heavy atom. The molecule has 2 aliphatic heterocycles. The fourth-order valence-electron chi connectivity index (χ4n) is 3.06. The molecular formula is C16H25N5O2S. The maximum Gasteiger partial charge on any atom is 0.410 e. The molecule has 2 aliphatic rings. The van der Waals surface area contributed by atoms with Crippen molar-refractivity contribution >= 4 is 24.1 Å². The van der Waals surface area contributed by atoms with Crippen molar-refractivity contribution in [1.29, 1.82) is 0 Å². The van der Waals surface area contributed by atoms with Crippen LogP contribution in [0.25, 0.3) is 0 Å². The monoisotopic (exact) mass is 351 g/mol. The van der Waals surface area contributed by atoms with Crippen molar-refractivity contribution in [3.63, 3.8) is 0 Å². The largest absolute Gasteiger partial charge is 0.444 e. The minimum absolute atomic E-state index is 0.244. The van der Waals surface area contributed by atoms with Gasteiger partial charge in [-0.1, -0.05) is 0 Å². The SMILES string of the molecule is CC(C)(C)OC(=O)N1CCN(c2nc(=S)[nH]c3c2CCNC3)CC1. The summed E-state index contributed by atoms with van der Waals surface area (Å²) in [7, 11) is 0. The van der Waals surface area contributed by atoms with Gasteiger partial charge in [-0.05, 0) is 46.0 Å². The Morgan fingerprint density at radius 1 is 1.25 bits per heavy atom. The van der Waals surface area contributed by atoms with Crippen LogP contribution in [-0.2, 0) is 17.7 Å². The number of rotatable bonds is 1. The number of hydrogen-bond donors (Lipinski definition) is 2. The Labute approximate surface area is 147 Å². The highest BCUT2D eigenvalue weighted by Gasteiger charge is 2.28. The summed E-state index contributed by atoms with van der Waals surface area (Å²) in [6, 6.07) is 0. The zero-order valence-corrected chi connectivity index (χ0v) is 15.3. The van der Waals surface area contributed by atoms with E-state index in [9.17, 15) is 4.79 Å². The Kier molecular flexibility index (Phi) is 4.78. The average Bonchev–Trinajstić information content (AvgIpc) is 2.52. The second-order valence-electron chi connectivity index (χ2n) is 7.20. The van der Waals surface area contributed by atoms with E-state index in [1.165, 1.54) is 5.56 Å². The van der Waals surface area contributed by atoms with Crippen LogP contribution in [0.1, 0.15) is 32.0 Å². The number of fused-ring (bicyclic) bond motifs is 1. The summed E-state index contributed by atoms with van der Waals surface area (Å²) in [4.78, 5) is 23.9. The first kappa shape index (κ1) is 17.2. The van der Waals surface area contributed by atoms with Gasteiger partial charge in [0.2, 0.25) is 0 Å². The number of piperazine rings is 1. The lowest BCUT2D eigenvalue weighted by Crippen LogP contribution is -2.50. The van der Waals surface area contributed by atoms with Crippen molar-refractivity contribution < 1.29 is 9.53 Å². The highest BCUT2D eigenvalue weighted by atomic mass is 32.1. The lowest BCUT2D eigenvalue weighted by molar-refractivity contribution is 0.0240. The van der Waals surface area contributed by atoms with E-state index in [-0.39, 0.29) is 6.09 Å². The fraction of sp³-hybridized carbons (Fsp3) is 0.688. The number of aromatic nitrogens is 2. The van der Waals surface area contributed by atoms with Gasteiger partial charge < -0.3 is 24.8 Å². The maximum atomic E-state index is 12.2. The number of carbonyl (C=O) groups excluding carboxylic acids is 1. The second kappa shape index (κ2) is 6.68. The molecule has 1 aromatic heterocycles. The zero-order chi connectivity index (χ0) is 17.3. The van der Waals surface area contributed by atoms with E-state index in [4.69, 9.17) is 17.0 Å². The minimum atomic E-state index is -0.464. The van der Waals surface area contributed by atoms with Crippen LogP contribution in [0.4, 0.5) is 10.6 Å². The number of amides is 1. The Balaban J connectivity index is 1.70. The van der Waals surface area contributed by atoms with Crippen molar-refractivity contribution in [3.05, 3.63) is 16.0 Å². The van der Waals surface area contributed by atoms with Crippen LogP contribution in [0.5, 0.6) is 0 Å². The maximum absolute atomic E-state index is 12.2. The van der Waals surface area contributed by atoms with Gasteiger partial charge in [0.15, 0.2) is 4.77 Å². The van der Waals surface area contributed by atoms with E-state index in [0.717, 1.165) is 44.1 Å². The summed E-state index contributed by atoms with van der Waals surface area (Å²) in [6.45, 7) is 10.2. The normalized spacial score (nSPS) is 18.3. The number of anilines is 1. The van der Waals surface area contributed by atoms with Gasteiger partial charge in [0.1, 0.15) is 11.4 Å². The van der Waals surface area contributed by atoms with Crippen molar-refractivity contribution in [2.24, 2.45) is 0 Å². The third-order valence-electron chi connectivity index (χ3n) is 4.18. The summed E-state index contributed by atoms with van der Waals surface area (Å²) < 4.78 is 5.97. The number of ether oxygens (including phenoxy) is 1. The number of hydrogen-bond acceptors (Lipinski definition) is 6. The van der Waals surface area contributed by atoms with Gasteiger partial charge in [0.25, 0.3) is 0 Å². The molecular weight excluding hydrogens is 326 g/mol. The fourth-order valence-corrected chi connectivity index (χ4v) is 3.27. The highest BCUT2D eigenvalue weighted by molar-refractivity contribution is 7.71. The van der Waals surface area contributed by atoms with E-state index in [1.54, 1.807) is 4.90 Å². The molecule has 0 bridgehead atoms. The molecule has 24 heavy (non-hydrogen) atoms. The molecule has 1 saturated heterocycles. The predicted octanol–water partition coefficient (Wildman–Crippen LogP) is 1.84. The molecule has 132 valence electrons. The number of aromatic amines is 1. The quantitative estimate of drug-likeness (QED) is 0.752. The third kappa shape index (κ3) is 3.87. The highest BCUT2D eigenvalue weighted by Crippen LogP contribution is 2.24. The van der Waals surface area contributed by atoms with E-state index in [1.807, 2.05) is 20.8 Å². The van der Waals surface area contributed by atoms with Crippen LogP contribution >= 0.6 is 12.2 Å². The molecule has 0 aromatic carbocycles. The van der Waals surface area contributed by atoms with Crippen LogP contribution in [0, 0.1) is 4.77 Å². The van der Waals surface area contributed by atoms with Crippen molar-refractivity contribution in [2.75, 3.05) is 37.6 Å². The summed E-state index contributed by atoms with van der Waals surface area (Å²) in [6.07, 6.45) is 0.697. The molecule has 0 radical (unpaired) electrons. The lowest BCUT2D eigenvalue weighted by Gasteiger charge is -2.37. The van der Waals surface area contributed by atoms with Crippen LogP contribution in [0.2, 0.25) is 0 Å². The summed E-state index contributed by atoms with van der Waals surface area (Å²) >= 11 is 5.27. The number of nitrogens with one attached hydrogen (secondary N) is 2. The van der Waals surface area contributed by atoms with Crippen molar-refractivity contribution in [2.45, 2.75) is 39.3 Å². The molecule has 8 heteroatoms.